The van der Waals surface area contributed by atoms with E-state index in [9.17, 15) is 9.18 Å². The summed E-state index contributed by atoms with van der Waals surface area (Å²) in [6, 6.07) is 15.1. The quantitative estimate of drug-likeness (QED) is 0.675. The van der Waals surface area contributed by atoms with Gasteiger partial charge in [0.05, 0.1) is 6.21 Å². The minimum atomic E-state index is -0.378. The minimum absolute atomic E-state index is 0.359. The van der Waals surface area contributed by atoms with Gasteiger partial charge in [-0.25, -0.2) is 9.82 Å². The van der Waals surface area contributed by atoms with Crippen molar-refractivity contribution in [1.82, 2.24) is 5.43 Å². The maximum absolute atomic E-state index is 12.7. The van der Waals surface area contributed by atoms with Crippen molar-refractivity contribution in [3.63, 3.8) is 0 Å². The molecular formula is C17H15FN2O. The fourth-order valence-corrected chi connectivity index (χ4v) is 1.71. The molecule has 0 aliphatic rings. The second kappa shape index (κ2) is 7.14. The molecule has 106 valence electrons. The summed E-state index contributed by atoms with van der Waals surface area (Å²) in [5, 5.41) is 3.88. The van der Waals surface area contributed by atoms with Gasteiger partial charge in [0.2, 0.25) is 0 Å². The van der Waals surface area contributed by atoms with Crippen LogP contribution in [0.3, 0.4) is 0 Å². The van der Waals surface area contributed by atoms with Gasteiger partial charge in [0.15, 0.2) is 0 Å². The fraction of sp³-hybridized carbons (Fsp3) is 0.0588. The van der Waals surface area contributed by atoms with Crippen LogP contribution in [0.4, 0.5) is 4.39 Å². The summed E-state index contributed by atoms with van der Waals surface area (Å²) in [5.74, 6) is -0.754. The second-order valence-corrected chi connectivity index (χ2v) is 4.51. The molecule has 0 radical (unpaired) electrons. The van der Waals surface area contributed by atoms with E-state index in [1.54, 1.807) is 6.21 Å². The zero-order chi connectivity index (χ0) is 15.1. The Kier molecular flexibility index (Phi) is 4.99. The molecule has 0 aromatic heterocycles. The number of halogens is 1. The highest BCUT2D eigenvalue weighted by molar-refractivity contribution is 5.95. The second-order valence-electron chi connectivity index (χ2n) is 4.51. The van der Waals surface area contributed by atoms with Crippen molar-refractivity contribution in [2.24, 2.45) is 5.10 Å². The van der Waals surface area contributed by atoms with Gasteiger partial charge in [0.25, 0.3) is 5.91 Å². The van der Waals surface area contributed by atoms with Crippen molar-refractivity contribution < 1.29 is 9.18 Å². The normalized spacial score (nSPS) is 11.6. The highest BCUT2D eigenvalue weighted by Crippen LogP contribution is 2.05. The van der Waals surface area contributed by atoms with Crippen LogP contribution >= 0.6 is 0 Å². The van der Waals surface area contributed by atoms with Crippen LogP contribution in [-0.4, -0.2) is 12.1 Å². The van der Waals surface area contributed by atoms with Crippen molar-refractivity contribution in [1.29, 1.82) is 0 Å². The van der Waals surface area contributed by atoms with E-state index in [4.69, 9.17) is 0 Å². The summed E-state index contributed by atoms with van der Waals surface area (Å²) < 4.78 is 12.7. The van der Waals surface area contributed by atoms with Crippen LogP contribution < -0.4 is 5.43 Å². The van der Waals surface area contributed by atoms with Crippen molar-refractivity contribution in [3.8, 4) is 0 Å². The van der Waals surface area contributed by atoms with Crippen molar-refractivity contribution >= 4 is 18.2 Å². The average Bonchev–Trinajstić information content (AvgIpc) is 2.49. The summed E-state index contributed by atoms with van der Waals surface area (Å²) in [6.07, 6.45) is 3.52. The fourth-order valence-electron chi connectivity index (χ4n) is 1.71. The van der Waals surface area contributed by atoms with E-state index in [0.29, 0.717) is 5.56 Å². The van der Waals surface area contributed by atoms with E-state index < -0.39 is 0 Å². The number of amides is 1. The van der Waals surface area contributed by atoms with Gasteiger partial charge in [-0.2, -0.15) is 5.10 Å². The molecule has 1 N–H and O–H groups in total. The molecule has 0 heterocycles. The number of allylic oxidation sites excluding steroid dienone is 1. The zero-order valence-electron chi connectivity index (χ0n) is 11.6. The van der Waals surface area contributed by atoms with Gasteiger partial charge in [-0.3, -0.25) is 4.79 Å². The summed E-state index contributed by atoms with van der Waals surface area (Å²) >= 11 is 0. The summed E-state index contributed by atoms with van der Waals surface area (Å²) in [6.45, 7) is 1.89. The topological polar surface area (TPSA) is 41.5 Å². The number of rotatable bonds is 4. The molecular weight excluding hydrogens is 267 g/mol. The van der Waals surface area contributed by atoms with E-state index in [1.165, 1.54) is 24.3 Å². The van der Waals surface area contributed by atoms with Gasteiger partial charge >= 0.3 is 0 Å². The third kappa shape index (κ3) is 4.69. The van der Waals surface area contributed by atoms with Crippen LogP contribution in [0.25, 0.3) is 6.08 Å². The Balaban J connectivity index is 1.94. The van der Waals surface area contributed by atoms with Crippen molar-refractivity contribution in [2.75, 3.05) is 0 Å². The molecule has 4 heteroatoms. The van der Waals surface area contributed by atoms with Gasteiger partial charge in [0.1, 0.15) is 5.82 Å². The Labute approximate surface area is 122 Å². The lowest BCUT2D eigenvalue weighted by atomic mass is 10.1. The maximum Gasteiger partial charge on any atom is 0.271 e. The highest BCUT2D eigenvalue weighted by Gasteiger charge is 2.03. The lowest BCUT2D eigenvalue weighted by Gasteiger charge is -1.99. The molecule has 0 spiro atoms. The Bertz CT molecular complexity index is 661. The Morgan fingerprint density at radius 2 is 1.76 bits per heavy atom. The molecule has 0 bridgehead atoms. The molecule has 0 aliphatic carbocycles. The molecule has 0 saturated carbocycles. The first-order chi connectivity index (χ1) is 10.1. The van der Waals surface area contributed by atoms with Crippen molar-refractivity contribution in [3.05, 3.63) is 77.1 Å². The SMILES string of the molecule is C/C(C=NNC(=O)c1ccc(F)cc1)=C\c1ccccc1. The molecule has 0 saturated heterocycles. The largest absolute Gasteiger partial charge is 0.271 e. The molecule has 2 rings (SSSR count). The third-order valence-corrected chi connectivity index (χ3v) is 2.73. The van der Waals surface area contributed by atoms with Crippen LogP contribution in [0, 0.1) is 5.82 Å². The van der Waals surface area contributed by atoms with E-state index in [0.717, 1.165) is 11.1 Å². The van der Waals surface area contributed by atoms with Crippen LogP contribution in [-0.2, 0) is 0 Å². The molecule has 3 nitrogen and oxygen atoms in total. The predicted molar refractivity (Wildman–Crippen MR) is 82.5 cm³/mol. The van der Waals surface area contributed by atoms with Gasteiger partial charge < -0.3 is 0 Å². The number of nitrogens with one attached hydrogen (secondary N) is 1. The van der Waals surface area contributed by atoms with Gasteiger partial charge in [0, 0.05) is 5.56 Å². The number of carbonyl (C=O) groups is 1. The monoisotopic (exact) mass is 282 g/mol. The molecule has 0 fully saturated rings. The molecule has 2 aromatic rings. The molecule has 0 aliphatic heterocycles. The number of hydrazone groups is 1. The van der Waals surface area contributed by atoms with Crippen LogP contribution in [0.15, 0.2) is 65.3 Å². The molecule has 0 atom stereocenters. The zero-order valence-corrected chi connectivity index (χ0v) is 11.6. The first-order valence-electron chi connectivity index (χ1n) is 6.47. The van der Waals surface area contributed by atoms with Gasteiger partial charge in [-0.15, -0.1) is 0 Å². The highest BCUT2D eigenvalue weighted by atomic mass is 19.1. The smallest absolute Gasteiger partial charge is 0.267 e. The lowest BCUT2D eigenvalue weighted by Crippen LogP contribution is -2.17. The summed E-state index contributed by atoms with van der Waals surface area (Å²) in [5.41, 5.74) is 4.73. The standard InChI is InChI=1S/C17H15FN2O/c1-13(11-14-5-3-2-4-6-14)12-19-20-17(21)15-7-9-16(18)10-8-15/h2-12H,1H3,(H,20,21)/b13-11+,19-12?. The Morgan fingerprint density at radius 3 is 2.43 bits per heavy atom. The van der Waals surface area contributed by atoms with Gasteiger partial charge in [-0.05, 0) is 42.3 Å². The molecule has 2 aromatic carbocycles. The first-order valence-corrected chi connectivity index (χ1v) is 6.47. The van der Waals surface area contributed by atoms with E-state index >= 15 is 0 Å². The summed E-state index contributed by atoms with van der Waals surface area (Å²) in [4.78, 5) is 11.7. The van der Waals surface area contributed by atoms with Crippen LogP contribution in [0.5, 0.6) is 0 Å². The Morgan fingerprint density at radius 1 is 1.10 bits per heavy atom. The number of hydrogen-bond acceptors (Lipinski definition) is 2. The minimum Gasteiger partial charge on any atom is -0.267 e. The molecule has 0 unspecified atom stereocenters. The average molecular weight is 282 g/mol. The molecule has 1 amide bonds. The summed E-state index contributed by atoms with van der Waals surface area (Å²) in [7, 11) is 0. The van der Waals surface area contributed by atoms with E-state index in [1.807, 2.05) is 43.3 Å². The van der Waals surface area contributed by atoms with E-state index in [-0.39, 0.29) is 11.7 Å². The van der Waals surface area contributed by atoms with Crippen molar-refractivity contribution in [2.45, 2.75) is 6.92 Å². The number of carbonyl (C=O) groups excluding carboxylic acids is 1. The van der Waals surface area contributed by atoms with E-state index in [2.05, 4.69) is 10.5 Å². The van der Waals surface area contributed by atoms with Crippen LogP contribution in [0.2, 0.25) is 0 Å². The lowest BCUT2D eigenvalue weighted by molar-refractivity contribution is 0.0955. The number of hydrogen-bond donors (Lipinski definition) is 1. The molecule has 21 heavy (non-hydrogen) atoms. The number of benzene rings is 2. The first kappa shape index (κ1) is 14.7. The number of nitrogens with zero attached hydrogens (tertiary/aromatic N) is 1. The van der Waals surface area contributed by atoms with Crippen LogP contribution in [0.1, 0.15) is 22.8 Å². The van der Waals surface area contributed by atoms with Gasteiger partial charge in [-0.1, -0.05) is 36.4 Å². The Hall–Kier alpha value is -2.75. The maximum atomic E-state index is 12.7. The third-order valence-electron chi connectivity index (χ3n) is 2.73. The predicted octanol–water partition coefficient (Wildman–Crippen LogP) is 3.64.